The van der Waals surface area contributed by atoms with Crippen LogP contribution >= 0.6 is 24.0 Å². The summed E-state index contributed by atoms with van der Waals surface area (Å²) >= 11 is 6.20. The van der Waals surface area contributed by atoms with Crippen molar-refractivity contribution in [2.24, 2.45) is 0 Å². The molecule has 2 aliphatic rings. The van der Waals surface area contributed by atoms with Gasteiger partial charge in [-0.2, -0.15) is 4.31 Å². The Morgan fingerprint density at radius 2 is 2.00 bits per heavy atom. The summed E-state index contributed by atoms with van der Waals surface area (Å²) in [5.74, 6) is 0. The smallest absolute Gasteiger partial charge is 0.244 e. The quantitative estimate of drug-likeness (QED) is 0.874. The van der Waals surface area contributed by atoms with Crippen molar-refractivity contribution in [2.45, 2.75) is 56.0 Å². The van der Waals surface area contributed by atoms with Gasteiger partial charge in [-0.1, -0.05) is 31.0 Å². The molecule has 1 aromatic carbocycles. The van der Waals surface area contributed by atoms with E-state index >= 15 is 0 Å². The SMILES string of the molecule is CCCc1ccc(Cl)c(S(=O)(=O)N2CCC3CCC(C2)N3)c1.Cl. The molecule has 2 bridgehead atoms. The van der Waals surface area contributed by atoms with Crippen molar-refractivity contribution in [3.8, 4) is 0 Å². The molecule has 2 saturated heterocycles. The maximum absolute atomic E-state index is 13.0. The van der Waals surface area contributed by atoms with Crippen LogP contribution < -0.4 is 5.32 Å². The van der Waals surface area contributed by atoms with Crippen LogP contribution in [0.5, 0.6) is 0 Å². The Morgan fingerprint density at radius 1 is 1.26 bits per heavy atom. The van der Waals surface area contributed by atoms with E-state index in [1.54, 1.807) is 16.4 Å². The topological polar surface area (TPSA) is 49.4 Å². The zero-order valence-electron chi connectivity index (χ0n) is 13.3. The van der Waals surface area contributed by atoms with E-state index in [0.717, 1.165) is 37.7 Å². The molecule has 2 heterocycles. The highest BCUT2D eigenvalue weighted by molar-refractivity contribution is 7.89. The van der Waals surface area contributed by atoms with Crippen molar-refractivity contribution < 1.29 is 8.42 Å². The number of hydrogen-bond donors (Lipinski definition) is 1. The summed E-state index contributed by atoms with van der Waals surface area (Å²) < 4.78 is 27.6. The maximum Gasteiger partial charge on any atom is 0.244 e. The maximum atomic E-state index is 13.0. The molecule has 130 valence electrons. The van der Waals surface area contributed by atoms with E-state index in [0.29, 0.717) is 24.2 Å². The molecule has 0 amide bonds. The van der Waals surface area contributed by atoms with Gasteiger partial charge < -0.3 is 5.32 Å². The zero-order chi connectivity index (χ0) is 15.7. The Labute approximate surface area is 150 Å². The minimum absolute atomic E-state index is 0. The predicted octanol–water partition coefficient (Wildman–Crippen LogP) is 3.23. The monoisotopic (exact) mass is 378 g/mol. The average molecular weight is 379 g/mol. The van der Waals surface area contributed by atoms with E-state index < -0.39 is 10.0 Å². The first kappa shape index (κ1) is 19.0. The number of aryl methyl sites for hydroxylation is 1. The van der Waals surface area contributed by atoms with E-state index in [4.69, 9.17) is 11.6 Å². The number of rotatable bonds is 4. The third kappa shape index (κ3) is 4.02. The highest BCUT2D eigenvalue weighted by Gasteiger charge is 2.35. The summed E-state index contributed by atoms with van der Waals surface area (Å²) in [5, 5.41) is 3.84. The number of hydrogen-bond acceptors (Lipinski definition) is 3. The molecular formula is C16H24Cl2N2O2S. The second-order valence-electron chi connectivity index (χ2n) is 6.30. The lowest BCUT2D eigenvalue weighted by atomic mass is 10.1. The lowest BCUT2D eigenvalue weighted by Crippen LogP contribution is -2.39. The third-order valence-electron chi connectivity index (χ3n) is 4.64. The fourth-order valence-electron chi connectivity index (χ4n) is 3.46. The molecule has 7 heteroatoms. The van der Waals surface area contributed by atoms with Gasteiger partial charge in [-0.3, -0.25) is 0 Å². The average Bonchev–Trinajstić information content (AvgIpc) is 2.79. The van der Waals surface area contributed by atoms with Crippen molar-refractivity contribution in [3.63, 3.8) is 0 Å². The molecule has 1 aromatic rings. The largest absolute Gasteiger partial charge is 0.310 e. The Hall–Kier alpha value is -0.330. The number of nitrogens with zero attached hydrogens (tertiary/aromatic N) is 1. The summed E-state index contributed by atoms with van der Waals surface area (Å²) in [6, 6.07) is 6.11. The van der Waals surface area contributed by atoms with Crippen molar-refractivity contribution in [2.75, 3.05) is 13.1 Å². The van der Waals surface area contributed by atoms with Gasteiger partial charge >= 0.3 is 0 Å². The van der Waals surface area contributed by atoms with Gasteiger partial charge in [0.25, 0.3) is 0 Å². The van der Waals surface area contributed by atoms with Gasteiger partial charge in [0.15, 0.2) is 0 Å². The van der Waals surface area contributed by atoms with Crippen LogP contribution in [0.25, 0.3) is 0 Å². The van der Waals surface area contributed by atoms with E-state index in [1.165, 1.54) is 0 Å². The molecular weight excluding hydrogens is 355 g/mol. The molecule has 23 heavy (non-hydrogen) atoms. The highest BCUT2D eigenvalue weighted by atomic mass is 35.5. The highest BCUT2D eigenvalue weighted by Crippen LogP contribution is 2.29. The number of fused-ring (bicyclic) bond motifs is 2. The second kappa shape index (κ2) is 7.70. The standard InChI is InChI=1S/C16H23ClN2O2S.ClH/c1-2-3-12-4-7-15(17)16(10-12)22(20,21)19-9-8-13-5-6-14(11-19)18-13;/h4,7,10,13-14,18H,2-3,5-6,8-9,11H2,1H3;1H. The van der Waals surface area contributed by atoms with E-state index in [-0.39, 0.29) is 23.3 Å². The first-order valence-electron chi connectivity index (χ1n) is 8.05. The van der Waals surface area contributed by atoms with Gasteiger partial charge in [0.05, 0.1) is 5.02 Å². The van der Waals surface area contributed by atoms with Crippen LogP contribution in [0.3, 0.4) is 0 Å². The number of sulfonamides is 1. The predicted molar refractivity (Wildman–Crippen MR) is 96.0 cm³/mol. The Bertz CT molecular complexity index is 651. The van der Waals surface area contributed by atoms with Gasteiger partial charge in [0.1, 0.15) is 4.90 Å². The van der Waals surface area contributed by atoms with E-state index in [9.17, 15) is 8.42 Å². The van der Waals surface area contributed by atoms with Gasteiger partial charge in [0, 0.05) is 25.2 Å². The number of benzene rings is 1. The Kier molecular flexibility index (Phi) is 6.36. The van der Waals surface area contributed by atoms with Crippen molar-refractivity contribution in [1.29, 1.82) is 0 Å². The van der Waals surface area contributed by atoms with Crippen LogP contribution in [0.15, 0.2) is 23.1 Å². The summed E-state index contributed by atoms with van der Waals surface area (Å²) in [4.78, 5) is 0.262. The molecule has 0 aliphatic carbocycles. The summed E-state index contributed by atoms with van der Waals surface area (Å²) in [6.45, 7) is 3.21. The first-order valence-corrected chi connectivity index (χ1v) is 9.87. The Balaban J connectivity index is 0.00000192. The molecule has 0 aromatic heterocycles. The molecule has 2 aliphatic heterocycles. The van der Waals surface area contributed by atoms with Crippen LogP contribution in [0.4, 0.5) is 0 Å². The molecule has 2 unspecified atom stereocenters. The minimum atomic E-state index is -3.52. The summed E-state index contributed by atoms with van der Waals surface area (Å²) in [7, 11) is -3.52. The van der Waals surface area contributed by atoms with Crippen LogP contribution in [-0.2, 0) is 16.4 Å². The number of halogens is 2. The first-order chi connectivity index (χ1) is 10.5. The van der Waals surface area contributed by atoms with Gasteiger partial charge in [-0.25, -0.2) is 8.42 Å². The van der Waals surface area contributed by atoms with Crippen molar-refractivity contribution in [3.05, 3.63) is 28.8 Å². The van der Waals surface area contributed by atoms with Crippen molar-refractivity contribution in [1.82, 2.24) is 9.62 Å². The van der Waals surface area contributed by atoms with Gasteiger partial charge in [-0.15, -0.1) is 12.4 Å². The van der Waals surface area contributed by atoms with E-state index in [2.05, 4.69) is 12.2 Å². The van der Waals surface area contributed by atoms with Gasteiger partial charge in [0.2, 0.25) is 10.0 Å². The van der Waals surface area contributed by atoms with Gasteiger partial charge in [-0.05, 0) is 43.4 Å². The molecule has 0 spiro atoms. The van der Waals surface area contributed by atoms with Crippen molar-refractivity contribution >= 4 is 34.0 Å². The lowest BCUT2D eigenvalue weighted by molar-refractivity contribution is 0.383. The molecule has 1 N–H and O–H groups in total. The minimum Gasteiger partial charge on any atom is -0.310 e. The number of nitrogens with one attached hydrogen (secondary N) is 1. The molecule has 0 radical (unpaired) electrons. The van der Waals surface area contributed by atoms with Crippen LogP contribution in [-0.4, -0.2) is 37.9 Å². The zero-order valence-corrected chi connectivity index (χ0v) is 15.7. The molecule has 4 nitrogen and oxygen atoms in total. The fraction of sp³-hybridized carbons (Fsp3) is 0.625. The molecule has 2 atom stereocenters. The molecule has 2 fully saturated rings. The third-order valence-corrected chi connectivity index (χ3v) is 6.98. The van der Waals surface area contributed by atoms with Crippen LogP contribution in [0.1, 0.15) is 38.2 Å². The second-order valence-corrected chi connectivity index (χ2v) is 8.62. The van der Waals surface area contributed by atoms with E-state index in [1.807, 2.05) is 6.07 Å². The summed E-state index contributed by atoms with van der Waals surface area (Å²) in [5.41, 5.74) is 1.03. The molecule has 0 saturated carbocycles. The summed E-state index contributed by atoms with van der Waals surface area (Å²) in [6.07, 6.45) is 4.94. The van der Waals surface area contributed by atoms with Crippen LogP contribution in [0, 0.1) is 0 Å². The van der Waals surface area contributed by atoms with Crippen LogP contribution in [0.2, 0.25) is 5.02 Å². The fourth-order valence-corrected chi connectivity index (χ4v) is 5.48. The lowest BCUT2D eigenvalue weighted by Gasteiger charge is -2.24. The normalized spacial score (nSPS) is 25.0. The Morgan fingerprint density at radius 3 is 2.74 bits per heavy atom. The molecule has 3 rings (SSSR count).